The number of carbonyl (C=O) groups is 2. The molecule has 0 bridgehead atoms. The van der Waals surface area contributed by atoms with Crippen molar-refractivity contribution in [1.29, 1.82) is 0 Å². The molecule has 0 N–H and O–H groups in total. The van der Waals surface area contributed by atoms with Crippen LogP contribution in [0.3, 0.4) is 0 Å². The molecule has 2 aromatic carbocycles. The Morgan fingerprint density at radius 1 is 0.909 bits per heavy atom. The van der Waals surface area contributed by atoms with Crippen LogP contribution in [0.4, 0.5) is 0 Å². The monoisotopic (exact) mass is 452 g/mol. The molecule has 2 aromatic rings. The highest BCUT2D eigenvalue weighted by Crippen LogP contribution is 2.30. The number of methoxy groups -OCH3 is 1. The summed E-state index contributed by atoms with van der Waals surface area (Å²) in [5, 5.41) is 0. The zero-order valence-corrected chi connectivity index (χ0v) is 19.9. The van der Waals surface area contributed by atoms with E-state index in [4.69, 9.17) is 14.2 Å². The Kier molecular flexibility index (Phi) is 11.8. The number of esters is 1. The molecule has 1 saturated carbocycles. The van der Waals surface area contributed by atoms with Crippen LogP contribution in [0.2, 0.25) is 0 Å². The van der Waals surface area contributed by atoms with Gasteiger partial charge < -0.3 is 14.2 Å². The zero-order valence-electron chi connectivity index (χ0n) is 19.9. The van der Waals surface area contributed by atoms with Crippen molar-refractivity contribution in [3.05, 3.63) is 72.3 Å². The zero-order chi connectivity index (χ0) is 23.9. The molecule has 1 aliphatic rings. The van der Waals surface area contributed by atoms with Crippen molar-refractivity contribution in [2.75, 3.05) is 20.3 Å². The lowest BCUT2D eigenvalue weighted by atomic mass is 9.80. The molecule has 178 valence electrons. The molecule has 0 saturated heterocycles. The fourth-order valence-corrected chi connectivity index (χ4v) is 3.28. The van der Waals surface area contributed by atoms with Gasteiger partial charge in [0.15, 0.2) is 5.78 Å². The van der Waals surface area contributed by atoms with E-state index in [1.165, 1.54) is 18.1 Å². The van der Waals surface area contributed by atoms with Crippen LogP contribution in [0.1, 0.15) is 60.9 Å². The van der Waals surface area contributed by atoms with E-state index < -0.39 is 0 Å². The van der Waals surface area contributed by atoms with E-state index in [0.29, 0.717) is 13.2 Å². The number of Topliss-reactive ketones (excluding diaryl/α,β-unsaturated/α-hetero) is 1. The molecule has 5 nitrogen and oxygen atoms in total. The van der Waals surface area contributed by atoms with Gasteiger partial charge in [0, 0.05) is 17.6 Å². The molecule has 5 heteroatoms. The maximum absolute atomic E-state index is 12.1. The van der Waals surface area contributed by atoms with Gasteiger partial charge in [-0.3, -0.25) is 4.79 Å². The molecule has 0 atom stereocenters. The first-order valence-corrected chi connectivity index (χ1v) is 11.7. The van der Waals surface area contributed by atoms with Crippen LogP contribution >= 0.6 is 0 Å². The largest absolute Gasteiger partial charge is 0.497 e. The number of carbonyl (C=O) groups excluding carboxylic acids is 2. The molecule has 33 heavy (non-hydrogen) atoms. The lowest BCUT2D eigenvalue weighted by Gasteiger charge is -2.23. The second-order valence-electron chi connectivity index (χ2n) is 8.17. The minimum atomic E-state index is -0.363. The Morgan fingerprint density at radius 2 is 1.52 bits per heavy atom. The quantitative estimate of drug-likeness (QED) is 0.163. The van der Waals surface area contributed by atoms with E-state index in [1.807, 2.05) is 48.5 Å². The topological polar surface area (TPSA) is 61.8 Å². The smallest absolute Gasteiger partial charge is 0.330 e. The van der Waals surface area contributed by atoms with Crippen molar-refractivity contribution in [2.24, 2.45) is 5.92 Å². The molecular weight excluding hydrogens is 416 g/mol. The van der Waals surface area contributed by atoms with Crippen molar-refractivity contribution < 1.29 is 23.8 Å². The van der Waals surface area contributed by atoms with E-state index in [9.17, 15) is 9.59 Å². The average molecular weight is 453 g/mol. The van der Waals surface area contributed by atoms with Gasteiger partial charge in [-0.1, -0.05) is 30.7 Å². The standard InChI is InChI=1S/C20H26O4.C8H10O/c1-2-19(21)24-15-6-4-3-5-14-23-18-12-10-17(11-13-18)20(22)16-8-7-9-16;1-7-3-5-8(9-2)6-4-7/h2,10-13,16H,1,3-9,14-15H2;3-6H,1-2H3. The van der Waals surface area contributed by atoms with Gasteiger partial charge in [0.25, 0.3) is 0 Å². The number of aryl methyl sites for hydroxylation is 1. The number of benzene rings is 2. The summed E-state index contributed by atoms with van der Waals surface area (Å²) in [7, 11) is 1.67. The summed E-state index contributed by atoms with van der Waals surface area (Å²) in [4.78, 5) is 23.0. The Morgan fingerprint density at radius 3 is 2.06 bits per heavy atom. The van der Waals surface area contributed by atoms with Crippen molar-refractivity contribution in [3.8, 4) is 11.5 Å². The summed E-state index contributed by atoms with van der Waals surface area (Å²) in [6.45, 7) is 6.51. The Bertz CT molecular complexity index is 851. The van der Waals surface area contributed by atoms with Crippen LogP contribution in [-0.2, 0) is 9.53 Å². The first kappa shape index (κ1) is 26.2. The molecule has 0 radical (unpaired) electrons. The SMILES string of the molecule is C=CC(=O)OCCCCCCOc1ccc(C(=O)C2CCC2)cc1.COc1ccc(C)cc1. The maximum Gasteiger partial charge on any atom is 0.330 e. The molecule has 0 spiro atoms. The van der Waals surface area contributed by atoms with Crippen molar-refractivity contribution in [1.82, 2.24) is 0 Å². The predicted octanol–water partition coefficient (Wildman–Crippen LogP) is 6.34. The maximum atomic E-state index is 12.1. The van der Waals surface area contributed by atoms with Gasteiger partial charge in [-0.2, -0.15) is 0 Å². The lowest BCUT2D eigenvalue weighted by molar-refractivity contribution is -0.137. The van der Waals surface area contributed by atoms with Gasteiger partial charge in [-0.05, 0) is 81.8 Å². The van der Waals surface area contributed by atoms with Crippen LogP contribution in [-0.4, -0.2) is 32.1 Å². The van der Waals surface area contributed by atoms with Crippen molar-refractivity contribution >= 4 is 11.8 Å². The molecule has 0 heterocycles. The second-order valence-corrected chi connectivity index (χ2v) is 8.17. The van der Waals surface area contributed by atoms with Crippen molar-refractivity contribution in [2.45, 2.75) is 51.9 Å². The van der Waals surface area contributed by atoms with Crippen LogP contribution in [0.25, 0.3) is 0 Å². The first-order chi connectivity index (χ1) is 16.0. The summed E-state index contributed by atoms with van der Waals surface area (Å²) in [6, 6.07) is 15.4. The number of unbranched alkanes of at least 4 members (excludes halogenated alkanes) is 3. The number of ether oxygens (including phenoxy) is 3. The normalized spacial score (nSPS) is 12.5. The fraction of sp³-hybridized carbons (Fsp3) is 0.429. The molecular formula is C28H36O5. The Hall–Kier alpha value is -3.08. The van der Waals surface area contributed by atoms with Gasteiger partial charge in [0.05, 0.1) is 20.3 Å². The molecule has 3 rings (SSSR count). The number of ketones is 1. The van der Waals surface area contributed by atoms with Gasteiger partial charge in [-0.25, -0.2) is 4.79 Å². The Balaban J connectivity index is 0.000000357. The Labute approximate surface area is 197 Å². The van der Waals surface area contributed by atoms with Gasteiger partial charge in [-0.15, -0.1) is 0 Å². The summed E-state index contributed by atoms with van der Waals surface area (Å²) < 4.78 is 15.6. The minimum Gasteiger partial charge on any atom is -0.497 e. The molecule has 0 amide bonds. The predicted molar refractivity (Wildman–Crippen MR) is 131 cm³/mol. The highest BCUT2D eigenvalue weighted by Gasteiger charge is 2.25. The fourth-order valence-electron chi connectivity index (χ4n) is 3.28. The third-order valence-corrected chi connectivity index (χ3v) is 5.59. The lowest BCUT2D eigenvalue weighted by Crippen LogP contribution is -2.21. The van der Waals surface area contributed by atoms with E-state index in [2.05, 4.69) is 13.5 Å². The summed E-state index contributed by atoms with van der Waals surface area (Å²) in [6.07, 6.45) is 8.27. The van der Waals surface area contributed by atoms with Gasteiger partial charge in [0.2, 0.25) is 0 Å². The molecule has 0 aromatic heterocycles. The van der Waals surface area contributed by atoms with Crippen LogP contribution < -0.4 is 9.47 Å². The van der Waals surface area contributed by atoms with Crippen LogP contribution in [0.15, 0.2) is 61.2 Å². The highest BCUT2D eigenvalue weighted by atomic mass is 16.5. The second kappa shape index (κ2) is 14.9. The van der Waals surface area contributed by atoms with Crippen LogP contribution in [0.5, 0.6) is 11.5 Å². The van der Waals surface area contributed by atoms with Gasteiger partial charge in [0.1, 0.15) is 11.5 Å². The number of rotatable bonds is 12. The van der Waals surface area contributed by atoms with Crippen LogP contribution in [0, 0.1) is 12.8 Å². The van der Waals surface area contributed by atoms with E-state index >= 15 is 0 Å². The average Bonchev–Trinajstić information content (AvgIpc) is 2.80. The molecule has 1 aliphatic carbocycles. The summed E-state index contributed by atoms with van der Waals surface area (Å²) in [5.74, 6) is 1.87. The summed E-state index contributed by atoms with van der Waals surface area (Å²) >= 11 is 0. The summed E-state index contributed by atoms with van der Waals surface area (Å²) in [5.41, 5.74) is 2.05. The third kappa shape index (κ3) is 9.94. The van der Waals surface area contributed by atoms with Crippen molar-refractivity contribution in [3.63, 3.8) is 0 Å². The van der Waals surface area contributed by atoms with E-state index in [1.54, 1.807) is 7.11 Å². The van der Waals surface area contributed by atoms with E-state index in [-0.39, 0.29) is 17.7 Å². The van der Waals surface area contributed by atoms with E-state index in [0.717, 1.165) is 55.6 Å². The number of hydrogen-bond donors (Lipinski definition) is 0. The highest BCUT2D eigenvalue weighted by molar-refractivity contribution is 5.98. The molecule has 0 aliphatic heterocycles. The first-order valence-electron chi connectivity index (χ1n) is 11.7. The molecule has 1 fully saturated rings. The molecule has 0 unspecified atom stereocenters. The third-order valence-electron chi connectivity index (χ3n) is 5.59. The van der Waals surface area contributed by atoms with Gasteiger partial charge >= 0.3 is 5.97 Å². The number of hydrogen-bond acceptors (Lipinski definition) is 5. The minimum absolute atomic E-state index is 0.238.